The molecule has 0 heterocycles. The number of hydrogen-bond donors (Lipinski definition) is 0. The van der Waals surface area contributed by atoms with Gasteiger partial charge in [-0.3, -0.25) is 0 Å². The second-order valence-corrected chi connectivity index (χ2v) is 6.38. The minimum absolute atomic E-state index is 0.330. The maximum Gasteiger partial charge on any atom is -0.00958 e. The number of hydrogen-bond acceptors (Lipinski definition) is 0. The van der Waals surface area contributed by atoms with Gasteiger partial charge in [-0.25, -0.2) is 0 Å². The molecular formula is C15H22. The SMILES string of the molecule is CC1(C)CCc2ccccc2C(C)(C)C1. The fourth-order valence-electron chi connectivity index (χ4n) is 3.25. The summed E-state index contributed by atoms with van der Waals surface area (Å²) in [7, 11) is 0. The summed E-state index contributed by atoms with van der Waals surface area (Å²) in [5.74, 6) is 0. The first kappa shape index (κ1) is 10.7. The molecule has 1 aliphatic carbocycles. The molecule has 0 radical (unpaired) electrons. The maximum absolute atomic E-state index is 2.40. The summed E-state index contributed by atoms with van der Waals surface area (Å²) < 4.78 is 0. The molecule has 1 aliphatic rings. The maximum atomic E-state index is 2.40. The minimum Gasteiger partial charge on any atom is -0.0620 e. The van der Waals surface area contributed by atoms with E-state index < -0.39 is 0 Å². The van der Waals surface area contributed by atoms with Crippen LogP contribution in [-0.4, -0.2) is 0 Å². The Kier molecular flexibility index (Phi) is 2.41. The van der Waals surface area contributed by atoms with Gasteiger partial charge in [0.05, 0.1) is 0 Å². The molecule has 0 unspecified atom stereocenters. The van der Waals surface area contributed by atoms with Crippen LogP contribution in [0.3, 0.4) is 0 Å². The zero-order valence-corrected chi connectivity index (χ0v) is 10.4. The summed E-state index contributed by atoms with van der Waals surface area (Å²) in [6, 6.07) is 8.97. The van der Waals surface area contributed by atoms with Crippen LogP contribution >= 0.6 is 0 Å². The van der Waals surface area contributed by atoms with Crippen LogP contribution in [0.2, 0.25) is 0 Å². The highest BCUT2D eigenvalue weighted by atomic mass is 14.4. The molecule has 15 heavy (non-hydrogen) atoms. The van der Waals surface area contributed by atoms with Crippen molar-refractivity contribution >= 4 is 0 Å². The van der Waals surface area contributed by atoms with E-state index in [1.807, 2.05) is 0 Å². The largest absolute Gasteiger partial charge is 0.0620 e. The Morgan fingerprint density at radius 1 is 1.00 bits per heavy atom. The van der Waals surface area contributed by atoms with Gasteiger partial charge in [0, 0.05) is 0 Å². The van der Waals surface area contributed by atoms with Crippen LogP contribution in [0.1, 0.15) is 51.7 Å². The van der Waals surface area contributed by atoms with Crippen LogP contribution < -0.4 is 0 Å². The van der Waals surface area contributed by atoms with E-state index in [1.54, 1.807) is 11.1 Å². The van der Waals surface area contributed by atoms with Crippen LogP contribution in [-0.2, 0) is 11.8 Å². The van der Waals surface area contributed by atoms with E-state index >= 15 is 0 Å². The molecule has 0 saturated carbocycles. The second kappa shape index (κ2) is 3.37. The third-order valence-corrected chi connectivity index (χ3v) is 3.74. The van der Waals surface area contributed by atoms with Crippen molar-refractivity contribution < 1.29 is 0 Å². The smallest absolute Gasteiger partial charge is 0.00958 e. The lowest BCUT2D eigenvalue weighted by atomic mass is 9.72. The summed E-state index contributed by atoms with van der Waals surface area (Å²) in [5, 5.41) is 0. The van der Waals surface area contributed by atoms with Crippen LogP contribution in [0.4, 0.5) is 0 Å². The van der Waals surface area contributed by atoms with Crippen molar-refractivity contribution in [3.63, 3.8) is 0 Å². The monoisotopic (exact) mass is 202 g/mol. The average Bonchev–Trinajstić information content (AvgIpc) is 2.22. The van der Waals surface area contributed by atoms with E-state index in [9.17, 15) is 0 Å². The van der Waals surface area contributed by atoms with E-state index in [1.165, 1.54) is 19.3 Å². The Bertz CT molecular complexity index is 358. The molecule has 2 rings (SSSR count). The molecule has 0 atom stereocenters. The lowest BCUT2D eigenvalue weighted by molar-refractivity contribution is 0.251. The molecule has 0 fully saturated rings. The fourth-order valence-corrected chi connectivity index (χ4v) is 3.25. The third-order valence-electron chi connectivity index (χ3n) is 3.74. The summed E-state index contributed by atoms with van der Waals surface area (Å²) in [6.07, 6.45) is 3.84. The molecular weight excluding hydrogens is 180 g/mol. The first-order chi connectivity index (χ1) is 6.91. The van der Waals surface area contributed by atoms with Gasteiger partial charge in [0.2, 0.25) is 0 Å². The lowest BCUT2D eigenvalue weighted by Crippen LogP contribution is -2.24. The van der Waals surface area contributed by atoms with Gasteiger partial charge in [-0.05, 0) is 41.2 Å². The van der Waals surface area contributed by atoms with Crippen molar-refractivity contribution in [1.29, 1.82) is 0 Å². The molecule has 0 N–H and O–H groups in total. The highest BCUT2D eigenvalue weighted by Crippen LogP contribution is 2.43. The summed E-state index contributed by atoms with van der Waals surface area (Å²) in [4.78, 5) is 0. The van der Waals surface area contributed by atoms with E-state index in [0.29, 0.717) is 10.8 Å². The standard InChI is InChI=1S/C15H22/c1-14(2)10-9-12-7-5-6-8-13(12)15(3,4)11-14/h5-8H,9-11H2,1-4H3. The predicted molar refractivity (Wildman–Crippen MR) is 66.2 cm³/mol. The van der Waals surface area contributed by atoms with Gasteiger partial charge in [-0.15, -0.1) is 0 Å². The molecule has 0 bridgehead atoms. The number of fused-ring (bicyclic) bond motifs is 1. The van der Waals surface area contributed by atoms with E-state index in [0.717, 1.165) is 0 Å². The van der Waals surface area contributed by atoms with Crippen molar-refractivity contribution in [3.05, 3.63) is 35.4 Å². The topological polar surface area (TPSA) is 0 Å². The Balaban J connectivity index is 2.47. The zero-order valence-electron chi connectivity index (χ0n) is 10.4. The number of aryl methyl sites for hydroxylation is 1. The van der Waals surface area contributed by atoms with Gasteiger partial charge < -0.3 is 0 Å². The van der Waals surface area contributed by atoms with Crippen LogP contribution in [0.5, 0.6) is 0 Å². The predicted octanol–water partition coefficient (Wildman–Crippen LogP) is 4.33. The molecule has 0 amide bonds. The third kappa shape index (κ3) is 2.09. The van der Waals surface area contributed by atoms with Crippen molar-refractivity contribution in [3.8, 4) is 0 Å². The van der Waals surface area contributed by atoms with Gasteiger partial charge in [-0.1, -0.05) is 52.0 Å². The summed E-state index contributed by atoms with van der Waals surface area (Å²) >= 11 is 0. The summed E-state index contributed by atoms with van der Waals surface area (Å²) in [5.41, 5.74) is 3.93. The number of rotatable bonds is 0. The molecule has 1 aromatic rings. The van der Waals surface area contributed by atoms with Gasteiger partial charge in [-0.2, -0.15) is 0 Å². The first-order valence-electron chi connectivity index (χ1n) is 5.99. The first-order valence-corrected chi connectivity index (χ1v) is 5.99. The highest BCUT2D eigenvalue weighted by molar-refractivity contribution is 5.35. The average molecular weight is 202 g/mol. The zero-order chi connectivity index (χ0) is 11.1. The van der Waals surface area contributed by atoms with Crippen molar-refractivity contribution in [2.45, 2.75) is 52.4 Å². The fraction of sp³-hybridized carbons (Fsp3) is 0.600. The lowest BCUT2D eigenvalue weighted by Gasteiger charge is -2.32. The molecule has 0 spiro atoms. The van der Waals surface area contributed by atoms with E-state index in [-0.39, 0.29) is 0 Å². The van der Waals surface area contributed by atoms with Crippen LogP contribution in [0, 0.1) is 5.41 Å². The van der Waals surface area contributed by atoms with Gasteiger partial charge in [0.25, 0.3) is 0 Å². The minimum atomic E-state index is 0.330. The Hall–Kier alpha value is -0.780. The molecule has 0 saturated heterocycles. The van der Waals surface area contributed by atoms with Crippen LogP contribution in [0.15, 0.2) is 24.3 Å². The van der Waals surface area contributed by atoms with Gasteiger partial charge in [0.15, 0.2) is 0 Å². The Morgan fingerprint density at radius 3 is 2.40 bits per heavy atom. The molecule has 82 valence electrons. The molecule has 1 aromatic carbocycles. The van der Waals surface area contributed by atoms with Crippen molar-refractivity contribution in [1.82, 2.24) is 0 Å². The van der Waals surface area contributed by atoms with E-state index in [2.05, 4.69) is 52.0 Å². The molecule has 0 aromatic heterocycles. The molecule has 0 aliphatic heterocycles. The normalized spacial score (nSPS) is 22.9. The van der Waals surface area contributed by atoms with Gasteiger partial charge >= 0.3 is 0 Å². The second-order valence-electron chi connectivity index (χ2n) is 6.38. The molecule has 0 nitrogen and oxygen atoms in total. The highest BCUT2D eigenvalue weighted by Gasteiger charge is 2.34. The Labute approximate surface area is 93.7 Å². The van der Waals surface area contributed by atoms with Crippen molar-refractivity contribution in [2.75, 3.05) is 0 Å². The number of benzene rings is 1. The van der Waals surface area contributed by atoms with Crippen LogP contribution in [0.25, 0.3) is 0 Å². The summed E-state index contributed by atoms with van der Waals surface area (Å²) in [6.45, 7) is 9.58. The Morgan fingerprint density at radius 2 is 1.67 bits per heavy atom. The molecule has 0 heteroatoms. The quantitative estimate of drug-likeness (QED) is 0.549. The van der Waals surface area contributed by atoms with E-state index in [4.69, 9.17) is 0 Å². The van der Waals surface area contributed by atoms with Crippen molar-refractivity contribution in [2.24, 2.45) is 5.41 Å². The van der Waals surface area contributed by atoms with Gasteiger partial charge in [0.1, 0.15) is 0 Å².